The fourth-order valence-electron chi connectivity index (χ4n) is 2.37. The monoisotopic (exact) mass is 379 g/mol. The van der Waals surface area contributed by atoms with E-state index in [1.165, 1.54) is 0 Å². The van der Waals surface area contributed by atoms with E-state index in [1.807, 2.05) is 0 Å². The first-order valence-electron chi connectivity index (χ1n) is 8.11. The summed E-state index contributed by atoms with van der Waals surface area (Å²) in [5, 5.41) is 20.7. The zero-order valence-corrected chi connectivity index (χ0v) is 14.3. The van der Waals surface area contributed by atoms with Gasteiger partial charge in [-0.1, -0.05) is 60.7 Å². The van der Waals surface area contributed by atoms with E-state index in [-0.39, 0.29) is 13.0 Å². The molecule has 2 aromatic rings. The van der Waals surface area contributed by atoms with E-state index in [0.717, 1.165) is 0 Å². The Hall–Kier alpha value is -3.00. The highest BCUT2D eigenvalue weighted by atomic mass is 19.3. The molecule has 0 saturated carbocycles. The van der Waals surface area contributed by atoms with E-state index in [2.05, 4.69) is 0 Å². The number of carbonyl (C=O) groups excluding carboxylic acids is 1. The molecule has 0 spiro atoms. The van der Waals surface area contributed by atoms with Gasteiger partial charge < -0.3 is 14.9 Å². The lowest BCUT2D eigenvalue weighted by Crippen LogP contribution is -2.64. The molecule has 1 atom stereocenters. The minimum Gasteiger partial charge on any atom is -0.477 e. The molecular formula is C19H19F2NO5. The normalized spacial score (nSPS) is 13.4. The van der Waals surface area contributed by atoms with E-state index in [4.69, 9.17) is 9.84 Å². The van der Waals surface area contributed by atoms with Crippen molar-refractivity contribution >= 4 is 12.1 Å². The summed E-state index contributed by atoms with van der Waals surface area (Å²) in [4.78, 5) is 22.8. The third-order valence-corrected chi connectivity index (χ3v) is 3.93. The number of benzene rings is 2. The number of carboxylic acid groups (broad SMARTS) is 1. The van der Waals surface area contributed by atoms with Gasteiger partial charge in [0.15, 0.2) is 0 Å². The van der Waals surface area contributed by atoms with Crippen LogP contribution in [0.3, 0.4) is 0 Å². The minimum absolute atomic E-state index is 0.0842. The standard InChI is InChI=1S/C19H19F2NO5/c20-19(21,16(23)24)18(26,12-11-14-7-3-1-4-8-14)22-17(25)27-13-15-9-5-2-6-10-15/h1-10,26H,11-13H2,(H,22,25)(H,23,24). The van der Waals surface area contributed by atoms with Gasteiger partial charge in [0.2, 0.25) is 5.72 Å². The summed E-state index contributed by atoms with van der Waals surface area (Å²) in [5.74, 6) is -7.17. The van der Waals surface area contributed by atoms with Crippen LogP contribution in [0.2, 0.25) is 0 Å². The molecule has 0 aliphatic rings. The molecule has 6 nitrogen and oxygen atoms in total. The average Bonchev–Trinajstić information content (AvgIpc) is 2.66. The number of alkyl halides is 2. The lowest BCUT2D eigenvalue weighted by molar-refractivity contribution is -0.216. The average molecular weight is 379 g/mol. The molecule has 0 aliphatic heterocycles. The molecule has 27 heavy (non-hydrogen) atoms. The summed E-state index contributed by atoms with van der Waals surface area (Å²) in [7, 11) is 0. The van der Waals surface area contributed by atoms with Crippen molar-refractivity contribution in [3.05, 3.63) is 71.8 Å². The van der Waals surface area contributed by atoms with Gasteiger partial charge in [-0.3, -0.25) is 5.32 Å². The minimum atomic E-state index is -4.62. The number of aliphatic carboxylic acids is 1. The molecule has 2 aromatic carbocycles. The van der Waals surface area contributed by atoms with E-state index in [1.54, 1.807) is 66.0 Å². The van der Waals surface area contributed by atoms with Crippen LogP contribution in [0.15, 0.2) is 60.7 Å². The Morgan fingerprint density at radius 1 is 0.963 bits per heavy atom. The van der Waals surface area contributed by atoms with Gasteiger partial charge in [0.25, 0.3) is 0 Å². The Morgan fingerprint density at radius 2 is 1.48 bits per heavy atom. The molecule has 0 aliphatic carbocycles. The molecule has 0 bridgehead atoms. The second-order valence-electron chi connectivity index (χ2n) is 5.91. The van der Waals surface area contributed by atoms with Crippen LogP contribution in [0.25, 0.3) is 0 Å². The fourth-order valence-corrected chi connectivity index (χ4v) is 2.37. The van der Waals surface area contributed by atoms with Crippen molar-refractivity contribution in [1.29, 1.82) is 0 Å². The maximum atomic E-state index is 14.1. The number of carboxylic acids is 1. The Morgan fingerprint density at radius 3 is 2.00 bits per heavy atom. The van der Waals surface area contributed by atoms with E-state index in [0.29, 0.717) is 11.1 Å². The summed E-state index contributed by atoms with van der Waals surface area (Å²) in [5.41, 5.74) is -2.12. The molecule has 144 valence electrons. The SMILES string of the molecule is O=C(NC(O)(CCc1ccccc1)C(F)(F)C(=O)O)OCc1ccccc1. The number of nitrogens with one attached hydrogen (secondary N) is 1. The van der Waals surface area contributed by atoms with Gasteiger partial charge in [-0.15, -0.1) is 0 Å². The summed E-state index contributed by atoms with van der Waals surface area (Å²) in [6.07, 6.45) is -2.16. The quantitative estimate of drug-likeness (QED) is 0.613. The number of aryl methyl sites for hydroxylation is 1. The van der Waals surface area contributed by atoms with Crippen molar-refractivity contribution < 1.29 is 33.3 Å². The van der Waals surface area contributed by atoms with Gasteiger partial charge in [-0.2, -0.15) is 8.78 Å². The Kier molecular flexibility index (Phi) is 6.46. The molecule has 0 radical (unpaired) electrons. The van der Waals surface area contributed by atoms with Gasteiger partial charge in [0.05, 0.1) is 0 Å². The maximum Gasteiger partial charge on any atom is 0.409 e. The number of amides is 1. The third-order valence-electron chi connectivity index (χ3n) is 3.93. The van der Waals surface area contributed by atoms with Crippen LogP contribution in [0.1, 0.15) is 17.5 Å². The number of halogens is 2. The first-order chi connectivity index (χ1) is 12.7. The molecule has 0 aromatic heterocycles. The van der Waals surface area contributed by atoms with Crippen LogP contribution < -0.4 is 5.32 Å². The van der Waals surface area contributed by atoms with Crippen LogP contribution in [0.4, 0.5) is 13.6 Å². The number of hydrogen-bond acceptors (Lipinski definition) is 4. The molecular weight excluding hydrogens is 360 g/mol. The largest absolute Gasteiger partial charge is 0.477 e. The summed E-state index contributed by atoms with van der Waals surface area (Å²) in [6.45, 7) is -0.222. The molecule has 1 amide bonds. The number of ether oxygens (including phenoxy) is 1. The predicted molar refractivity (Wildman–Crippen MR) is 92.1 cm³/mol. The maximum absolute atomic E-state index is 14.1. The van der Waals surface area contributed by atoms with Gasteiger partial charge in [-0.25, -0.2) is 9.59 Å². The highest BCUT2D eigenvalue weighted by molar-refractivity contribution is 5.79. The zero-order valence-electron chi connectivity index (χ0n) is 14.3. The van der Waals surface area contributed by atoms with Crippen LogP contribution >= 0.6 is 0 Å². The summed E-state index contributed by atoms with van der Waals surface area (Å²) >= 11 is 0. The highest BCUT2D eigenvalue weighted by Crippen LogP contribution is 2.31. The Bertz CT molecular complexity index is 770. The van der Waals surface area contributed by atoms with Crippen molar-refractivity contribution in [3.8, 4) is 0 Å². The van der Waals surface area contributed by atoms with E-state index in [9.17, 15) is 23.5 Å². The van der Waals surface area contributed by atoms with Gasteiger partial charge in [-0.05, 0) is 17.5 Å². The van der Waals surface area contributed by atoms with E-state index < -0.39 is 30.1 Å². The third kappa shape index (κ3) is 5.24. The molecule has 8 heteroatoms. The van der Waals surface area contributed by atoms with Crippen LogP contribution in [0.5, 0.6) is 0 Å². The fraction of sp³-hybridized carbons (Fsp3) is 0.263. The first kappa shape index (κ1) is 20.3. The van der Waals surface area contributed by atoms with Crippen molar-refractivity contribution in [3.63, 3.8) is 0 Å². The van der Waals surface area contributed by atoms with E-state index >= 15 is 0 Å². The molecule has 1 unspecified atom stereocenters. The number of rotatable bonds is 8. The number of aliphatic hydroxyl groups is 1. The van der Waals surface area contributed by atoms with Gasteiger partial charge in [0.1, 0.15) is 6.61 Å². The molecule has 0 saturated heterocycles. The molecule has 0 heterocycles. The Labute approximate surface area is 154 Å². The van der Waals surface area contributed by atoms with Gasteiger partial charge in [0, 0.05) is 6.42 Å². The van der Waals surface area contributed by atoms with Crippen LogP contribution in [0, 0.1) is 0 Å². The lowest BCUT2D eigenvalue weighted by atomic mass is 9.96. The van der Waals surface area contributed by atoms with Crippen LogP contribution in [-0.2, 0) is 22.6 Å². The Balaban J connectivity index is 2.09. The molecule has 3 N–H and O–H groups in total. The summed E-state index contributed by atoms with van der Waals surface area (Å²) in [6, 6.07) is 16.8. The summed E-state index contributed by atoms with van der Waals surface area (Å²) < 4.78 is 33.0. The molecule has 0 fully saturated rings. The smallest absolute Gasteiger partial charge is 0.409 e. The van der Waals surface area contributed by atoms with Crippen LogP contribution in [-0.4, -0.2) is 33.9 Å². The zero-order chi connectivity index (χ0) is 19.9. The number of carbonyl (C=O) groups is 2. The number of alkyl carbamates (subject to hydrolysis) is 1. The van der Waals surface area contributed by atoms with Crippen molar-refractivity contribution in [1.82, 2.24) is 5.32 Å². The lowest BCUT2D eigenvalue weighted by Gasteiger charge is -2.33. The topological polar surface area (TPSA) is 95.9 Å². The second-order valence-corrected chi connectivity index (χ2v) is 5.91. The highest BCUT2D eigenvalue weighted by Gasteiger charge is 2.60. The number of hydrogen-bond donors (Lipinski definition) is 3. The second kappa shape index (κ2) is 8.59. The molecule has 2 rings (SSSR count). The van der Waals surface area contributed by atoms with Gasteiger partial charge >= 0.3 is 18.0 Å². The van der Waals surface area contributed by atoms with Crippen molar-refractivity contribution in [2.75, 3.05) is 0 Å². The first-order valence-corrected chi connectivity index (χ1v) is 8.11. The van der Waals surface area contributed by atoms with Crippen molar-refractivity contribution in [2.24, 2.45) is 0 Å². The van der Waals surface area contributed by atoms with Crippen molar-refractivity contribution in [2.45, 2.75) is 31.1 Å². The predicted octanol–water partition coefficient (Wildman–Crippen LogP) is 2.95.